The molecule has 1 unspecified atom stereocenters. The summed E-state index contributed by atoms with van der Waals surface area (Å²) in [5.74, 6) is 0. The first kappa shape index (κ1) is 14.0. The second-order valence-corrected chi connectivity index (χ2v) is 5.80. The first-order valence-corrected chi connectivity index (χ1v) is 7.44. The molecule has 3 aromatic rings. The lowest BCUT2D eigenvalue weighted by molar-refractivity contribution is 0.717. The van der Waals surface area contributed by atoms with E-state index in [1.165, 1.54) is 0 Å². The second-order valence-electron chi connectivity index (χ2n) is 4.88. The van der Waals surface area contributed by atoms with Gasteiger partial charge in [0, 0.05) is 4.47 Å². The molecular formula is C16H15BrN4. The largest absolute Gasteiger partial charge is 0.319 e. The van der Waals surface area contributed by atoms with Gasteiger partial charge in [-0.1, -0.05) is 45.4 Å². The Morgan fingerprint density at radius 3 is 2.67 bits per heavy atom. The number of aryl methyl sites for hydroxylation is 1. The van der Waals surface area contributed by atoms with Crippen LogP contribution in [0, 0.1) is 6.92 Å². The lowest BCUT2D eigenvalue weighted by Gasteiger charge is -2.16. The topological polar surface area (TPSA) is 56.7 Å². The van der Waals surface area contributed by atoms with Crippen molar-refractivity contribution in [3.8, 4) is 5.69 Å². The maximum atomic E-state index is 6.45. The fourth-order valence-electron chi connectivity index (χ4n) is 2.33. The molecule has 0 spiro atoms. The predicted octanol–water partition coefficient (Wildman–Crippen LogP) is 3.39. The highest BCUT2D eigenvalue weighted by atomic mass is 79.9. The van der Waals surface area contributed by atoms with Gasteiger partial charge in [-0.15, -0.1) is 5.10 Å². The molecular weight excluding hydrogens is 328 g/mol. The van der Waals surface area contributed by atoms with Crippen molar-refractivity contribution in [2.24, 2.45) is 5.73 Å². The summed E-state index contributed by atoms with van der Waals surface area (Å²) in [7, 11) is 0. The smallest absolute Gasteiger partial charge is 0.0858 e. The third-order valence-corrected chi connectivity index (χ3v) is 3.96. The number of benzene rings is 2. The van der Waals surface area contributed by atoms with Crippen molar-refractivity contribution >= 4 is 15.9 Å². The minimum Gasteiger partial charge on any atom is -0.319 e. The van der Waals surface area contributed by atoms with Crippen LogP contribution < -0.4 is 5.73 Å². The average Bonchev–Trinajstić information content (AvgIpc) is 2.99. The fraction of sp³-hybridized carbons (Fsp3) is 0.125. The maximum Gasteiger partial charge on any atom is 0.0858 e. The third-order valence-electron chi connectivity index (χ3n) is 3.47. The number of nitrogens with zero attached hydrogens (tertiary/aromatic N) is 3. The molecule has 21 heavy (non-hydrogen) atoms. The summed E-state index contributed by atoms with van der Waals surface area (Å²) in [4.78, 5) is 0. The Hall–Kier alpha value is -1.98. The molecule has 0 aliphatic carbocycles. The van der Waals surface area contributed by atoms with Gasteiger partial charge in [-0.25, -0.2) is 4.68 Å². The summed E-state index contributed by atoms with van der Waals surface area (Å²) in [6.07, 6.45) is 1.72. The normalized spacial score (nSPS) is 12.3. The van der Waals surface area contributed by atoms with Crippen LogP contribution in [0.1, 0.15) is 22.9 Å². The summed E-state index contributed by atoms with van der Waals surface area (Å²) in [5.41, 5.74) is 10.5. The Bertz CT molecular complexity index is 752. The van der Waals surface area contributed by atoms with Crippen molar-refractivity contribution in [2.45, 2.75) is 13.0 Å². The van der Waals surface area contributed by atoms with Gasteiger partial charge in [-0.2, -0.15) is 0 Å². The number of hydrogen-bond acceptors (Lipinski definition) is 3. The first-order valence-electron chi connectivity index (χ1n) is 6.64. The van der Waals surface area contributed by atoms with Crippen molar-refractivity contribution in [1.29, 1.82) is 0 Å². The van der Waals surface area contributed by atoms with Gasteiger partial charge in [-0.3, -0.25) is 0 Å². The molecule has 106 valence electrons. The summed E-state index contributed by atoms with van der Waals surface area (Å²) in [5, 5.41) is 8.18. The number of halogens is 1. The van der Waals surface area contributed by atoms with Gasteiger partial charge in [-0.05, 0) is 42.3 Å². The maximum absolute atomic E-state index is 6.45. The van der Waals surface area contributed by atoms with Crippen LogP contribution in [0.5, 0.6) is 0 Å². The van der Waals surface area contributed by atoms with E-state index >= 15 is 0 Å². The van der Waals surface area contributed by atoms with Gasteiger partial charge in [0.2, 0.25) is 0 Å². The summed E-state index contributed by atoms with van der Waals surface area (Å²) in [6, 6.07) is 15.7. The Kier molecular flexibility index (Phi) is 3.86. The molecule has 2 aromatic carbocycles. The fourth-order valence-corrected chi connectivity index (χ4v) is 2.71. The molecule has 0 saturated carbocycles. The van der Waals surface area contributed by atoms with Crippen LogP contribution in [-0.4, -0.2) is 15.0 Å². The summed E-state index contributed by atoms with van der Waals surface area (Å²) < 4.78 is 2.79. The van der Waals surface area contributed by atoms with Gasteiger partial charge in [0.15, 0.2) is 0 Å². The van der Waals surface area contributed by atoms with Gasteiger partial charge in [0.25, 0.3) is 0 Å². The summed E-state index contributed by atoms with van der Waals surface area (Å²) >= 11 is 3.50. The van der Waals surface area contributed by atoms with Gasteiger partial charge in [0.1, 0.15) is 0 Å². The van der Waals surface area contributed by atoms with Crippen molar-refractivity contribution in [3.63, 3.8) is 0 Å². The third kappa shape index (κ3) is 2.75. The van der Waals surface area contributed by atoms with Crippen LogP contribution in [0.15, 0.2) is 59.2 Å². The molecule has 0 aliphatic heterocycles. The van der Waals surface area contributed by atoms with Crippen LogP contribution >= 0.6 is 15.9 Å². The molecule has 0 bridgehead atoms. The van der Waals surface area contributed by atoms with Crippen molar-refractivity contribution in [2.75, 3.05) is 0 Å². The minimum absolute atomic E-state index is 0.280. The number of para-hydroxylation sites is 1. The van der Waals surface area contributed by atoms with Crippen LogP contribution in [0.4, 0.5) is 0 Å². The lowest BCUT2D eigenvalue weighted by Crippen LogP contribution is -2.17. The molecule has 1 aromatic heterocycles. The highest BCUT2D eigenvalue weighted by Gasteiger charge is 2.18. The molecule has 0 amide bonds. The standard InChI is InChI=1S/C16H15BrN4/c1-11-7-8-12(17)9-14(11)16(18)15-10-19-20-21(15)13-5-3-2-4-6-13/h2-10,16H,18H2,1H3. The monoisotopic (exact) mass is 342 g/mol. The molecule has 1 heterocycles. The molecule has 0 saturated heterocycles. The van der Waals surface area contributed by atoms with E-state index in [1.807, 2.05) is 42.5 Å². The summed E-state index contributed by atoms with van der Waals surface area (Å²) in [6.45, 7) is 2.05. The first-order chi connectivity index (χ1) is 10.2. The van der Waals surface area contributed by atoms with E-state index in [1.54, 1.807) is 10.9 Å². The second kappa shape index (κ2) is 5.79. The van der Waals surface area contributed by atoms with Crippen molar-refractivity contribution in [1.82, 2.24) is 15.0 Å². The number of aromatic nitrogens is 3. The van der Waals surface area contributed by atoms with Gasteiger partial charge < -0.3 is 5.73 Å². The number of nitrogens with two attached hydrogens (primary N) is 1. The predicted molar refractivity (Wildman–Crippen MR) is 86.3 cm³/mol. The quantitative estimate of drug-likeness (QED) is 0.793. The lowest BCUT2D eigenvalue weighted by atomic mass is 10.00. The van der Waals surface area contributed by atoms with Gasteiger partial charge >= 0.3 is 0 Å². The SMILES string of the molecule is Cc1ccc(Br)cc1C(N)c1cnnn1-c1ccccc1. The Balaban J connectivity index is 2.06. The highest BCUT2D eigenvalue weighted by Crippen LogP contribution is 2.26. The molecule has 0 aliphatic rings. The van der Waals surface area contributed by atoms with Crippen LogP contribution in [0.2, 0.25) is 0 Å². The van der Waals surface area contributed by atoms with Gasteiger partial charge in [0.05, 0.1) is 23.6 Å². The van der Waals surface area contributed by atoms with E-state index in [-0.39, 0.29) is 6.04 Å². The van der Waals surface area contributed by atoms with E-state index in [2.05, 4.69) is 39.2 Å². The van der Waals surface area contributed by atoms with Crippen molar-refractivity contribution < 1.29 is 0 Å². The zero-order valence-corrected chi connectivity index (χ0v) is 13.2. The van der Waals surface area contributed by atoms with E-state index in [4.69, 9.17) is 5.73 Å². The zero-order valence-electron chi connectivity index (χ0n) is 11.6. The molecule has 2 N–H and O–H groups in total. The minimum atomic E-state index is -0.280. The number of rotatable bonds is 3. The Morgan fingerprint density at radius 2 is 1.90 bits per heavy atom. The van der Waals surface area contributed by atoms with E-state index in [0.29, 0.717) is 0 Å². The molecule has 5 heteroatoms. The van der Waals surface area contributed by atoms with E-state index in [0.717, 1.165) is 27.0 Å². The molecule has 4 nitrogen and oxygen atoms in total. The van der Waals surface area contributed by atoms with E-state index < -0.39 is 0 Å². The zero-order chi connectivity index (χ0) is 14.8. The molecule has 0 radical (unpaired) electrons. The van der Waals surface area contributed by atoms with Crippen LogP contribution in [0.3, 0.4) is 0 Å². The van der Waals surface area contributed by atoms with Crippen molar-refractivity contribution in [3.05, 3.63) is 76.0 Å². The Morgan fingerprint density at radius 1 is 1.14 bits per heavy atom. The Labute approximate surface area is 131 Å². The average molecular weight is 343 g/mol. The van der Waals surface area contributed by atoms with E-state index in [9.17, 15) is 0 Å². The highest BCUT2D eigenvalue weighted by molar-refractivity contribution is 9.10. The molecule has 3 rings (SSSR count). The van der Waals surface area contributed by atoms with Crippen LogP contribution in [0.25, 0.3) is 5.69 Å². The van der Waals surface area contributed by atoms with Crippen LogP contribution in [-0.2, 0) is 0 Å². The number of hydrogen-bond donors (Lipinski definition) is 1. The molecule has 0 fully saturated rings. The molecule has 1 atom stereocenters.